The Labute approximate surface area is 119 Å². The summed E-state index contributed by atoms with van der Waals surface area (Å²) in [5, 5.41) is 3.29. The molecule has 1 heterocycles. The van der Waals surface area contributed by atoms with E-state index in [2.05, 4.69) is 12.2 Å². The normalized spacial score (nSPS) is 19.3. The SMILES string of the molecule is CCNc1ccc(C)cc1C(=O)N1CCSCC1C. The van der Waals surface area contributed by atoms with Crippen LogP contribution in [0, 0.1) is 6.92 Å². The number of carbonyl (C=O) groups excluding carboxylic acids is 1. The minimum absolute atomic E-state index is 0.160. The molecule has 3 nitrogen and oxygen atoms in total. The first kappa shape index (κ1) is 14.3. The summed E-state index contributed by atoms with van der Waals surface area (Å²) in [6, 6.07) is 6.37. The van der Waals surface area contributed by atoms with Crippen LogP contribution in [0.2, 0.25) is 0 Å². The van der Waals surface area contributed by atoms with Gasteiger partial charge >= 0.3 is 0 Å². The van der Waals surface area contributed by atoms with Crippen LogP contribution < -0.4 is 5.32 Å². The minimum Gasteiger partial charge on any atom is -0.385 e. The van der Waals surface area contributed by atoms with Crippen LogP contribution in [-0.4, -0.2) is 41.4 Å². The Morgan fingerprint density at radius 3 is 3.00 bits per heavy atom. The number of hydrogen-bond donors (Lipinski definition) is 1. The van der Waals surface area contributed by atoms with Gasteiger partial charge in [0.15, 0.2) is 0 Å². The van der Waals surface area contributed by atoms with Gasteiger partial charge in [0.1, 0.15) is 0 Å². The highest BCUT2D eigenvalue weighted by molar-refractivity contribution is 7.99. The van der Waals surface area contributed by atoms with Crippen LogP contribution in [0.3, 0.4) is 0 Å². The summed E-state index contributed by atoms with van der Waals surface area (Å²) in [4.78, 5) is 14.7. The second kappa shape index (κ2) is 6.33. The summed E-state index contributed by atoms with van der Waals surface area (Å²) in [6.07, 6.45) is 0. The van der Waals surface area contributed by atoms with E-state index >= 15 is 0 Å². The summed E-state index contributed by atoms with van der Waals surface area (Å²) in [5.41, 5.74) is 2.88. The van der Waals surface area contributed by atoms with Crippen LogP contribution in [0.1, 0.15) is 29.8 Å². The number of anilines is 1. The van der Waals surface area contributed by atoms with Gasteiger partial charge in [0.05, 0.1) is 5.56 Å². The molecule has 0 bridgehead atoms. The average molecular weight is 278 g/mol. The van der Waals surface area contributed by atoms with Crippen molar-refractivity contribution in [2.75, 3.05) is 29.9 Å². The van der Waals surface area contributed by atoms with Crippen molar-refractivity contribution in [2.45, 2.75) is 26.8 Å². The fourth-order valence-corrected chi connectivity index (χ4v) is 3.38. The molecule has 0 spiro atoms. The molecule has 104 valence electrons. The lowest BCUT2D eigenvalue weighted by atomic mass is 10.1. The highest BCUT2D eigenvalue weighted by atomic mass is 32.2. The van der Waals surface area contributed by atoms with Crippen LogP contribution in [0.15, 0.2) is 18.2 Å². The van der Waals surface area contributed by atoms with E-state index in [1.165, 1.54) is 0 Å². The predicted molar refractivity (Wildman–Crippen MR) is 83.2 cm³/mol. The van der Waals surface area contributed by atoms with E-state index in [0.29, 0.717) is 6.04 Å². The third-order valence-electron chi connectivity index (χ3n) is 3.40. The molecule has 1 amide bonds. The first-order valence-corrected chi connectivity index (χ1v) is 8.02. The zero-order valence-corrected chi connectivity index (χ0v) is 12.7. The lowest BCUT2D eigenvalue weighted by molar-refractivity contribution is 0.0717. The maximum atomic E-state index is 12.7. The molecule has 0 saturated carbocycles. The molecule has 4 heteroatoms. The zero-order chi connectivity index (χ0) is 13.8. The highest BCUT2D eigenvalue weighted by Crippen LogP contribution is 2.23. The number of aryl methyl sites for hydroxylation is 1. The van der Waals surface area contributed by atoms with Crippen molar-refractivity contribution in [1.29, 1.82) is 0 Å². The fraction of sp³-hybridized carbons (Fsp3) is 0.533. The van der Waals surface area contributed by atoms with Crippen molar-refractivity contribution >= 4 is 23.4 Å². The molecule has 0 radical (unpaired) electrons. The van der Waals surface area contributed by atoms with Crippen molar-refractivity contribution in [3.05, 3.63) is 29.3 Å². The molecule has 1 unspecified atom stereocenters. The van der Waals surface area contributed by atoms with Gasteiger partial charge in [-0.25, -0.2) is 0 Å². The minimum atomic E-state index is 0.160. The van der Waals surface area contributed by atoms with Gasteiger partial charge in [-0.2, -0.15) is 11.8 Å². The molecular weight excluding hydrogens is 256 g/mol. The quantitative estimate of drug-likeness (QED) is 0.922. The van der Waals surface area contributed by atoms with Gasteiger partial charge in [-0.1, -0.05) is 11.6 Å². The first-order chi connectivity index (χ1) is 9.13. The Morgan fingerprint density at radius 1 is 1.53 bits per heavy atom. The first-order valence-electron chi connectivity index (χ1n) is 6.86. The Morgan fingerprint density at radius 2 is 2.32 bits per heavy atom. The largest absolute Gasteiger partial charge is 0.385 e. The third kappa shape index (κ3) is 3.24. The Balaban J connectivity index is 2.28. The molecule has 1 aliphatic rings. The van der Waals surface area contributed by atoms with Crippen LogP contribution >= 0.6 is 11.8 Å². The van der Waals surface area contributed by atoms with Gasteiger partial charge in [-0.05, 0) is 32.9 Å². The Bertz CT molecular complexity index is 461. The summed E-state index contributed by atoms with van der Waals surface area (Å²) in [5.74, 6) is 2.24. The van der Waals surface area contributed by atoms with Crippen LogP contribution in [0.25, 0.3) is 0 Å². The van der Waals surface area contributed by atoms with Gasteiger partial charge in [0.2, 0.25) is 0 Å². The van der Waals surface area contributed by atoms with Crippen LogP contribution in [-0.2, 0) is 0 Å². The highest BCUT2D eigenvalue weighted by Gasteiger charge is 2.26. The van der Waals surface area contributed by atoms with E-state index in [0.717, 1.165) is 41.4 Å². The Kier molecular flexibility index (Phi) is 4.75. The lowest BCUT2D eigenvalue weighted by Crippen LogP contribution is -2.44. The number of hydrogen-bond acceptors (Lipinski definition) is 3. The van der Waals surface area contributed by atoms with E-state index in [4.69, 9.17) is 0 Å². The summed E-state index contributed by atoms with van der Waals surface area (Å²) in [6.45, 7) is 7.89. The van der Waals surface area contributed by atoms with Gasteiger partial charge in [0.25, 0.3) is 5.91 Å². The van der Waals surface area contributed by atoms with Crippen molar-refractivity contribution in [3.8, 4) is 0 Å². The summed E-state index contributed by atoms with van der Waals surface area (Å²) in [7, 11) is 0. The smallest absolute Gasteiger partial charge is 0.256 e. The van der Waals surface area contributed by atoms with E-state index in [-0.39, 0.29) is 5.91 Å². The number of benzene rings is 1. The van der Waals surface area contributed by atoms with E-state index in [9.17, 15) is 4.79 Å². The van der Waals surface area contributed by atoms with Crippen LogP contribution in [0.4, 0.5) is 5.69 Å². The molecule has 2 rings (SSSR count). The number of carbonyl (C=O) groups is 1. The average Bonchev–Trinajstić information content (AvgIpc) is 2.41. The second-order valence-corrected chi connectivity index (χ2v) is 6.15. The fourth-order valence-electron chi connectivity index (χ4n) is 2.36. The number of thioether (sulfide) groups is 1. The summed E-state index contributed by atoms with van der Waals surface area (Å²) < 4.78 is 0. The second-order valence-electron chi connectivity index (χ2n) is 5.00. The standard InChI is InChI=1S/C15H22N2OS/c1-4-16-14-6-5-11(2)9-13(14)15(18)17-7-8-19-10-12(17)3/h5-6,9,12,16H,4,7-8,10H2,1-3H3. The Hall–Kier alpha value is -1.16. The predicted octanol–water partition coefficient (Wildman–Crippen LogP) is 3.00. The molecule has 1 saturated heterocycles. The molecule has 1 N–H and O–H groups in total. The summed E-state index contributed by atoms with van der Waals surface area (Å²) >= 11 is 1.93. The molecule has 1 fully saturated rings. The lowest BCUT2D eigenvalue weighted by Gasteiger charge is -2.33. The molecule has 0 aromatic heterocycles. The number of amides is 1. The molecule has 0 aliphatic carbocycles. The monoisotopic (exact) mass is 278 g/mol. The maximum absolute atomic E-state index is 12.7. The molecule has 19 heavy (non-hydrogen) atoms. The molecule has 1 atom stereocenters. The van der Waals surface area contributed by atoms with Crippen molar-refractivity contribution in [1.82, 2.24) is 4.90 Å². The van der Waals surface area contributed by atoms with Gasteiger partial charge < -0.3 is 10.2 Å². The molecular formula is C15H22N2OS. The van der Waals surface area contributed by atoms with E-state index < -0.39 is 0 Å². The number of rotatable bonds is 3. The zero-order valence-electron chi connectivity index (χ0n) is 11.9. The third-order valence-corrected chi connectivity index (χ3v) is 4.59. The van der Waals surface area contributed by atoms with Crippen molar-refractivity contribution in [2.24, 2.45) is 0 Å². The molecule has 1 aliphatic heterocycles. The maximum Gasteiger partial charge on any atom is 0.256 e. The topological polar surface area (TPSA) is 32.3 Å². The van der Waals surface area contributed by atoms with Crippen molar-refractivity contribution in [3.63, 3.8) is 0 Å². The van der Waals surface area contributed by atoms with E-state index in [1.54, 1.807) is 0 Å². The van der Waals surface area contributed by atoms with Gasteiger partial charge in [-0.15, -0.1) is 0 Å². The molecule has 1 aromatic carbocycles. The number of nitrogens with zero attached hydrogens (tertiary/aromatic N) is 1. The van der Waals surface area contributed by atoms with Gasteiger partial charge in [0, 0.05) is 36.3 Å². The van der Waals surface area contributed by atoms with Gasteiger partial charge in [-0.3, -0.25) is 4.79 Å². The molecule has 1 aromatic rings. The number of nitrogens with one attached hydrogen (secondary N) is 1. The van der Waals surface area contributed by atoms with Crippen LogP contribution in [0.5, 0.6) is 0 Å². The van der Waals surface area contributed by atoms with E-state index in [1.807, 2.05) is 48.7 Å². The van der Waals surface area contributed by atoms with Crippen molar-refractivity contribution < 1.29 is 4.79 Å².